The highest BCUT2D eigenvalue weighted by molar-refractivity contribution is 5.86. The number of aryl methyl sites for hydroxylation is 1. The van der Waals surface area contributed by atoms with Crippen LogP contribution >= 0.6 is 0 Å². The number of imidazole rings is 1. The maximum Gasteiger partial charge on any atom is 0.255 e. The number of ether oxygens (including phenoxy) is 2. The van der Waals surface area contributed by atoms with Crippen molar-refractivity contribution < 1.29 is 27.4 Å². The van der Waals surface area contributed by atoms with Gasteiger partial charge in [-0.1, -0.05) is 13.0 Å². The van der Waals surface area contributed by atoms with E-state index in [2.05, 4.69) is 10.3 Å². The first-order valence-corrected chi connectivity index (χ1v) is 10.3. The summed E-state index contributed by atoms with van der Waals surface area (Å²) in [6.45, 7) is 1.46. The minimum atomic E-state index is -0.840. The van der Waals surface area contributed by atoms with E-state index in [9.17, 15) is 18.0 Å². The number of rotatable bonds is 8. The molecule has 0 unspecified atom stereocenters. The van der Waals surface area contributed by atoms with Crippen LogP contribution in [0.15, 0.2) is 48.7 Å². The quantitative estimate of drug-likeness (QED) is 0.393. The zero-order valence-electron chi connectivity index (χ0n) is 18.4. The Hall–Kier alpha value is -4.21. The number of fused-ring (bicyclic) bond motifs is 1. The standard InChI is InChI=1S/C24H21F3N4O3/c1-3-13-9-15(33-2)10-18(34-12-19(28)32)21(13)23-24(30-22-16(26)5-4-6-17(22)27)31-11-14(25)7-8-20(31)29-23/h4-11,30H,3,12H2,1-2H3,(H2,28,32). The van der Waals surface area contributed by atoms with Crippen LogP contribution in [-0.2, 0) is 11.2 Å². The molecule has 0 aliphatic heterocycles. The van der Waals surface area contributed by atoms with E-state index in [0.717, 1.165) is 18.3 Å². The molecule has 4 rings (SSSR count). The van der Waals surface area contributed by atoms with E-state index in [1.165, 1.54) is 29.7 Å². The van der Waals surface area contributed by atoms with Gasteiger partial charge in [-0.2, -0.15) is 0 Å². The van der Waals surface area contributed by atoms with E-state index in [4.69, 9.17) is 15.2 Å². The van der Waals surface area contributed by atoms with Crippen molar-refractivity contribution in [1.82, 2.24) is 9.38 Å². The van der Waals surface area contributed by atoms with Gasteiger partial charge in [-0.15, -0.1) is 0 Å². The van der Waals surface area contributed by atoms with E-state index in [1.54, 1.807) is 12.1 Å². The average Bonchev–Trinajstić information content (AvgIpc) is 3.16. The van der Waals surface area contributed by atoms with Crippen molar-refractivity contribution in [3.63, 3.8) is 0 Å². The second kappa shape index (κ2) is 9.34. The molecule has 176 valence electrons. The molecule has 0 bridgehead atoms. The molecule has 0 aliphatic carbocycles. The number of primary amides is 1. The fourth-order valence-electron chi connectivity index (χ4n) is 3.62. The fraction of sp³-hybridized carbons (Fsp3) is 0.167. The van der Waals surface area contributed by atoms with Crippen molar-refractivity contribution in [3.8, 4) is 22.8 Å². The zero-order chi connectivity index (χ0) is 24.4. The second-order valence-corrected chi connectivity index (χ2v) is 7.37. The van der Waals surface area contributed by atoms with Gasteiger partial charge in [-0.25, -0.2) is 18.2 Å². The van der Waals surface area contributed by atoms with Gasteiger partial charge in [0.2, 0.25) is 0 Å². The average molecular weight is 470 g/mol. The third-order valence-electron chi connectivity index (χ3n) is 5.17. The van der Waals surface area contributed by atoms with Crippen LogP contribution in [0.5, 0.6) is 11.5 Å². The Kier molecular flexibility index (Phi) is 6.31. The number of nitrogens with one attached hydrogen (secondary N) is 1. The lowest BCUT2D eigenvalue weighted by Gasteiger charge is -2.17. The van der Waals surface area contributed by atoms with Crippen LogP contribution in [0.25, 0.3) is 16.9 Å². The molecule has 1 amide bonds. The SMILES string of the molecule is CCc1cc(OC)cc(OCC(N)=O)c1-c1nc2ccc(F)cn2c1Nc1c(F)cccc1F. The van der Waals surface area contributed by atoms with Crippen LogP contribution in [-0.4, -0.2) is 29.0 Å². The van der Waals surface area contributed by atoms with Crippen molar-refractivity contribution in [2.24, 2.45) is 5.73 Å². The fourth-order valence-corrected chi connectivity index (χ4v) is 3.62. The molecule has 0 atom stereocenters. The summed E-state index contributed by atoms with van der Waals surface area (Å²) in [5, 5.41) is 2.74. The highest BCUT2D eigenvalue weighted by Gasteiger charge is 2.24. The normalized spacial score (nSPS) is 11.0. The first-order valence-electron chi connectivity index (χ1n) is 10.3. The molecule has 3 N–H and O–H groups in total. The number of benzene rings is 2. The van der Waals surface area contributed by atoms with E-state index in [-0.39, 0.29) is 17.3 Å². The van der Waals surface area contributed by atoms with Crippen molar-refractivity contribution in [2.45, 2.75) is 13.3 Å². The summed E-state index contributed by atoms with van der Waals surface area (Å²) < 4.78 is 55.5. The molecule has 2 aromatic heterocycles. The van der Waals surface area contributed by atoms with Crippen LogP contribution in [0.3, 0.4) is 0 Å². The highest BCUT2D eigenvalue weighted by atomic mass is 19.1. The number of para-hydroxylation sites is 1. The summed E-state index contributed by atoms with van der Waals surface area (Å²) in [6, 6.07) is 9.39. The van der Waals surface area contributed by atoms with Crippen LogP contribution in [0.4, 0.5) is 24.7 Å². The van der Waals surface area contributed by atoms with Gasteiger partial charge in [0.15, 0.2) is 6.61 Å². The monoisotopic (exact) mass is 470 g/mol. The molecular formula is C24H21F3N4O3. The number of anilines is 2. The van der Waals surface area contributed by atoms with Gasteiger partial charge >= 0.3 is 0 Å². The molecule has 4 aromatic rings. The number of nitrogens with two attached hydrogens (primary N) is 1. The maximum absolute atomic E-state index is 14.5. The van der Waals surface area contributed by atoms with Gasteiger partial charge < -0.3 is 20.5 Å². The predicted octanol–water partition coefficient (Wildman–Crippen LogP) is 4.60. The number of carbonyl (C=O) groups excluding carboxylic acids is 1. The highest BCUT2D eigenvalue weighted by Crippen LogP contribution is 2.42. The number of pyridine rings is 1. The summed E-state index contributed by atoms with van der Waals surface area (Å²) in [5.41, 5.74) is 6.52. The maximum atomic E-state index is 14.5. The Morgan fingerprint density at radius 2 is 1.88 bits per heavy atom. The Bertz CT molecular complexity index is 1370. The second-order valence-electron chi connectivity index (χ2n) is 7.37. The third kappa shape index (κ3) is 4.34. The molecule has 2 aromatic carbocycles. The molecule has 0 aliphatic rings. The number of aromatic nitrogens is 2. The lowest BCUT2D eigenvalue weighted by atomic mass is 10.00. The molecule has 0 saturated heterocycles. The Morgan fingerprint density at radius 1 is 1.15 bits per heavy atom. The first kappa shape index (κ1) is 23.0. The van der Waals surface area contributed by atoms with Crippen molar-refractivity contribution in [2.75, 3.05) is 19.0 Å². The number of halogens is 3. The molecule has 0 saturated carbocycles. The molecule has 0 spiro atoms. The van der Waals surface area contributed by atoms with Crippen molar-refractivity contribution in [3.05, 3.63) is 71.7 Å². The Morgan fingerprint density at radius 3 is 2.53 bits per heavy atom. The molecular weight excluding hydrogens is 449 g/mol. The van der Waals surface area contributed by atoms with Crippen LogP contribution in [0.2, 0.25) is 0 Å². The molecule has 10 heteroatoms. The summed E-state index contributed by atoms with van der Waals surface area (Å²) in [4.78, 5) is 16.0. The number of hydrogen-bond donors (Lipinski definition) is 2. The van der Waals surface area contributed by atoms with Gasteiger partial charge in [-0.05, 0) is 42.3 Å². The lowest BCUT2D eigenvalue weighted by Crippen LogP contribution is -2.20. The topological polar surface area (TPSA) is 90.9 Å². The minimum absolute atomic E-state index is 0.0993. The summed E-state index contributed by atoms with van der Waals surface area (Å²) in [7, 11) is 1.48. The predicted molar refractivity (Wildman–Crippen MR) is 121 cm³/mol. The van der Waals surface area contributed by atoms with E-state index in [0.29, 0.717) is 28.9 Å². The zero-order valence-corrected chi connectivity index (χ0v) is 18.4. The summed E-state index contributed by atoms with van der Waals surface area (Å²) in [6.07, 6.45) is 1.64. The van der Waals surface area contributed by atoms with Gasteiger partial charge in [-0.3, -0.25) is 9.20 Å². The third-order valence-corrected chi connectivity index (χ3v) is 5.17. The van der Waals surface area contributed by atoms with Gasteiger partial charge in [0, 0.05) is 17.8 Å². The minimum Gasteiger partial charge on any atom is -0.497 e. The number of nitrogens with zero attached hydrogens (tertiary/aromatic N) is 2. The molecule has 7 nitrogen and oxygen atoms in total. The number of methoxy groups -OCH3 is 1. The molecule has 0 radical (unpaired) electrons. The van der Waals surface area contributed by atoms with E-state index in [1.807, 2.05) is 6.92 Å². The van der Waals surface area contributed by atoms with Crippen LogP contribution in [0.1, 0.15) is 12.5 Å². The number of amides is 1. The number of carbonyl (C=O) groups is 1. The van der Waals surface area contributed by atoms with E-state index >= 15 is 0 Å². The van der Waals surface area contributed by atoms with Gasteiger partial charge in [0.1, 0.15) is 51.8 Å². The van der Waals surface area contributed by atoms with Crippen LogP contribution < -0.4 is 20.5 Å². The first-order chi connectivity index (χ1) is 16.3. The summed E-state index contributed by atoms with van der Waals surface area (Å²) in [5.74, 6) is -2.18. The smallest absolute Gasteiger partial charge is 0.255 e. The van der Waals surface area contributed by atoms with Crippen molar-refractivity contribution in [1.29, 1.82) is 0 Å². The summed E-state index contributed by atoms with van der Waals surface area (Å²) >= 11 is 0. The van der Waals surface area contributed by atoms with Crippen molar-refractivity contribution >= 4 is 23.1 Å². The van der Waals surface area contributed by atoms with E-state index < -0.39 is 35.7 Å². The van der Waals surface area contributed by atoms with Gasteiger partial charge in [0.25, 0.3) is 5.91 Å². The lowest BCUT2D eigenvalue weighted by molar-refractivity contribution is -0.119. The Labute approximate surface area is 192 Å². The largest absolute Gasteiger partial charge is 0.497 e. The Balaban J connectivity index is 2.01. The van der Waals surface area contributed by atoms with Gasteiger partial charge in [0.05, 0.1) is 7.11 Å². The van der Waals surface area contributed by atoms with Crippen LogP contribution in [0, 0.1) is 17.5 Å². The number of hydrogen-bond acceptors (Lipinski definition) is 5. The molecule has 0 fully saturated rings. The molecule has 34 heavy (non-hydrogen) atoms. The molecule has 2 heterocycles.